The van der Waals surface area contributed by atoms with E-state index >= 15 is 0 Å². The number of aryl methyl sites for hydroxylation is 3. The summed E-state index contributed by atoms with van der Waals surface area (Å²) in [6.07, 6.45) is 1.98. The van der Waals surface area contributed by atoms with Crippen LogP contribution in [0.5, 0.6) is 0 Å². The predicted molar refractivity (Wildman–Crippen MR) is 84.0 cm³/mol. The van der Waals surface area contributed by atoms with E-state index in [1.165, 1.54) is 22.4 Å². The largest absolute Gasteiger partial charge is 0.327 e. The van der Waals surface area contributed by atoms with Crippen LogP contribution in [0.4, 0.5) is 0 Å². The summed E-state index contributed by atoms with van der Waals surface area (Å²) in [5.74, 6) is 1.07. The molecule has 0 fully saturated rings. The SMILES string of the molecule is Cc1cc(C)cc(Cn2c(CNC(C)C)cnc2C)c1. The Bertz CT molecular complexity index is 562. The van der Waals surface area contributed by atoms with Crippen LogP contribution in [0.25, 0.3) is 0 Å². The van der Waals surface area contributed by atoms with Gasteiger partial charge in [-0.15, -0.1) is 0 Å². The van der Waals surface area contributed by atoms with Crippen LogP contribution < -0.4 is 5.32 Å². The molecule has 0 amide bonds. The number of hydrogen-bond acceptors (Lipinski definition) is 2. The lowest BCUT2D eigenvalue weighted by Crippen LogP contribution is -2.23. The van der Waals surface area contributed by atoms with Crippen molar-refractivity contribution in [3.63, 3.8) is 0 Å². The third-order valence-corrected chi connectivity index (χ3v) is 3.45. The van der Waals surface area contributed by atoms with Crippen molar-refractivity contribution >= 4 is 0 Å². The number of hydrogen-bond donors (Lipinski definition) is 1. The van der Waals surface area contributed by atoms with Gasteiger partial charge in [0, 0.05) is 25.3 Å². The van der Waals surface area contributed by atoms with Crippen LogP contribution in [0.3, 0.4) is 0 Å². The number of rotatable bonds is 5. The maximum Gasteiger partial charge on any atom is 0.106 e. The van der Waals surface area contributed by atoms with Gasteiger partial charge in [-0.05, 0) is 26.3 Å². The molecule has 108 valence electrons. The Morgan fingerprint density at radius 1 is 1.10 bits per heavy atom. The summed E-state index contributed by atoms with van der Waals surface area (Å²) >= 11 is 0. The molecule has 0 atom stereocenters. The van der Waals surface area contributed by atoms with Gasteiger partial charge in [0.15, 0.2) is 0 Å². The summed E-state index contributed by atoms with van der Waals surface area (Å²) in [6, 6.07) is 7.21. The van der Waals surface area contributed by atoms with Gasteiger partial charge in [0.2, 0.25) is 0 Å². The lowest BCUT2D eigenvalue weighted by Gasteiger charge is -2.13. The second-order valence-electron chi connectivity index (χ2n) is 5.91. The second-order valence-corrected chi connectivity index (χ2v) is 5.91. The molecule has 0 spiro atoms. The highest BCUT2D eigenvalue weighted by molar-refractivity contribution is 5.29. The Morgan fingerprint density at radius 2 is 1.75 bits per heavy atom. The van der Waals surface area contributed by atoms with Crippen molar-refractivity contribution in [2.75, 3.05) is 0 Å². The van der Waals surface area contributed by atoms with Crippen LogP contribution in [-0.2, 0) is 13.1 Å². The summed E-state index contributed by atoms with van der Waals surface area (Å²) in [6.45, 7) is 12.5. The van der Waals surface area contributed by atoms with E-state index in [0.717, 1.165) is 18.9 Å². The first-order chi connectivity index (χ1) is 9.45. The Hall–Kier alpha value is -1.61. The van der Waals surface area contributed by atoms with E-state index in [2.05, 4.69) is 67.7 Å². The number of nitrogens with zero attached hydrogens (tertiary/aromatic N) is 2. The lowest BCUT2D eigenvalue weighted by molar-refractivity contribution is 0.561. The van der Waals surface area contributed by atoms with Gasteiger partial charge in [0.25, 0.3) is 0 Å². The quantitative estimate of drug-likeness (QED) is 0.903. The van der Waals surface area contributed by atoms with E-state index in [1.54, 1.807) is 0 Å². The molecule has 0 unspecified atom stereocenters. The fraction of sp³-hybridized carbons (Fsp3) is 0.471. The smallest absolute Gasteiger partial charge is 0.106 e. The van der Waals surface area contributed by atoms with Gasteiger partial charge in [-0.3, -0.25) is 0 Å². The van der Waals surface area contributed by atoms with E-state index in [4.69, 9.17) is 0 Å². The minimum atomic E-state index is 0.486. The van der Waals surface area contributed by atoms with Crippen molar-refractivity contribution < 1.29 is 0 Å². The van der Waals surface area contributed by atoms with Crippen molar-refractivity contribution in [1.29, 1.82) is 0 Å². The monoisotopic (exact) mass is 271 g/mol. The molecule has 0 aliphatic rings. The summed E-state index contributed by atoms with van der Waals surface area (Å²) in [7, 11) is 0. The molecule has 3 nitrogen and oxygen atoms in total. The van der Waals surface area contributed by atoms with Crippen LogP contribution in [0.2, 0.25) is 0 Å². The van der Waals surface area contributed by atoms with Crippen molar-refractivity contribution in [3.8, 4) is 0 Å². The lowest BCUT2D eigenvalue weighted by atomic mass is 10.1. The van der Waals surface area contributed by atoms with Gasteiger partial charge in [-0.2, -0.15) is 0 Å². The van der Waals surface area contributed by atoms with Crippen LogP contribution in [0, 0.1) is 20.8 Å². The number of aromatic nitrogens is 2. The Labute approximate surface area is 122 Å². The van der Waals surface area contributed by atoms with Crippen LogP contribution >= 0.6 is 0 Å². The molecule has 3 heteroatoms. The summed E-state index contributed by atoms with van der Waals surface area (Å²) in [5.41, 5.74) is 5.23. The minimum Gasteiger partial charge on any atom is -0.327 e. The molecular weight excluding hydrogens is 246 g/mol. The highest BCUT2D eigenvalue weighted by Crippen LogP contribution is 2.13. The molecule has 2 aromatic rings. The van der Waals surface area contributed by atoms with Crippen molar-refractivity contribution in [2.24, 2.45) is 0 Å². The van der Waals surface area contributed by atoms with E-state index in [-0.39, 0.29) is 0 Å². The average Bonchev–Trinajstić information content (AvgIpc) is 2.67. The van der Waals surface area contributed by atoms with Crippen LogP contribution in [-0.4, -0.2) is 15.6 Å². The van der Waals surface area contributed by atoms with Gasteiger partial charge in [-0.25, -0.2) is 4.98 Å². The summed E-state index contributed by atoms with van der Waals surface area (Å²) in [5, 5.41) is 3.46. The molecular formula is C17H25N3. The Balaban J connectivity index is 2.21. The molecule has 0 saturated heterocycles. The Morgan fingerprint density at radius 3 is 2.35 bits per heavy atom. The van der Waals surface area contributed by atoms with Gasteiger partial charge in [0.05, 0.1) is 5.69 Å². The Kier molecular flexibility index (Phi) is 4.61. The van der Waals surface area contributed by atoms with Crippen LogP contribution in [0.1, 0.15) is 42.1 Å². The van der Waals surface area contributed by atoms with E-state index in [9.17, 15) is 0 Å². The van der Waals surface area contributed by atoms with Gasteiger partial charge in [0.1, 0.15) is 5.82 Å². The third kappa shape index (κ3) is 3.70. The average molecular weight is 271 g/mol. The highest BCUT2D eigenvalue weighted by Gasteiger charge is 2.08. The van der Waals surface area contributed by atoms with Crippen molar-refractivity contribution in [2.45, 2.75) is 53.8 Å². The van der Waals surface area contributed by atoms with E-state index < -0.39 is 0 Å². The first-order valence-electron chi connectivity index (χ1n) is 7.27. The van der Waals surface area contributed by atoms with E-state index in [0.29, 0.717) is 6.04 Å². The van der Waals surface area contributed by atoms with Gasteiger partial charge in [-0.1, -0.05) is 43.2 Å². The molecule has 0 saturated carbocycles. The molecule has 0 radical (unpaired) electrons. The van der Waals surface area contributed by atoms with E-state index in [1.807, 2.05) is 6.20 Å². The molecule has 20 heavy (non-hydrogen) atoms. The third-order valence-electron chi connectivity index (χ3n) is 3.45. The molecule has 1 heterocycles. The number of benzene rings is 1. The first kappa shape index (κ1) is 14.8. The minimum absolute atomic E-state index is 0.486. The van der Waals surface area contributed by atoms with Crippen LogP contribution in [0.15, 0.2) is 24.4 Å². The zero-order chi connectivity index (χ0) is 14.7. The molecule has 1 aromatic carbocycles. The molecule has 0 bridgehead atoms. The van der Waals surface area contributed by atoms with Crippen molar-refractivity contribution in [1.82, 2.24) is 14.9 Å². The zero-order valence-electron chi connectivity index (χ0n) is 13.2. The fourth-order valence-corrected chi connectivity index (χ4v) is 2.52. The number of nitrogens with one attached hydrogen (secondary N) is 1. The fourth-order valence-electron chi connectivity index (χ4n) is 2.52. The molecule has 0 aliphatic carbocycles. The highest BCUT2D eigenvalue weighted by atomic mass is 15.1. The van der Waals surface area contributed by atoms with Gasteiger partial charge < -0.3 is 9.88 Å². The predicted octanol–water partition coefficient (Wildman–Crippen LogP) is 3.35. The normalized spacial score (nSPS) is 11.3. The molecule has 0 aliphatic heterocycles. The zero-order valence-corrected chi connectivity index (χ0v) is 13.2. The maximum atomic E-state index is 4.46. The summed E-state index contributed by atoms with van der Waals surface area (Å²) < 4.78 is 2.30. The number of imidazole rings is 1. The molecule has 2 rings (SSSR count). The molecule has 1 aromatic heterocycles. The topological polar surface area (TPSA) is 29.9 Å². The first-order valence-corrected chi connectivity index (χ1v) is 7.27. The standard InChI is InChI=1S/C17H25N3/c1-12(2)18-9-17-10-19-15(5)20(17)11-16-7-13(3)6-14(4)8-16/h6-8,10,12,18H,9,11H2,1-5H3. The summed E-state index contributed by atoms with van der Waals surface area (Å²) in [4.78, 5) is 4.46. The van der Waals surface area contributed by atoms with Gasteiger partial charge >= 0.3 is 0 Å². The second kappa shape index (κ2) is 6.23. The maximum absolute atomic E-state index is 4.46. The van der Waals surface area contributed by atoms with Crippen molar-refractivity contribution in [3.05, 3.63) is 52.6 Å². The molecule has 1 N–H and O–H groups in total.